The van der Waals surface area contributed by atoms with Crippen molar-refractivity contribution in [1.29, 1.82) is 0 Å². The predicted octanol–water partition coefficient (Wildman–Crippen LogP) is 4.09. The van der Waals surface area contributed by atoms with Gasteiger partial charge in [0.1, 0.15) is 5.75 Å². The van der Waals surface area contributed by atoms with Gasteiger partial charge in [0.15, 0.2) is 0 Å². The van der Waals surface area contributed by atoms with Crippen LogP contribution in [0.1, 0.15) is 50.8 Å². The zero-order chi connectivity index (χ0) is 14.0. The minimum atomic E-state index is 0.340. The first kappa shape index (κ1) is 14.4. The summed E-state index contributed by atoms with van der Waals surface area (Å²) in [4.78, 5) is 0. The van der Waals surface area contributed by atoms with E-state index in [1.54, 1.807) is 7.11 Å². The minimum Gasteiger partial charge on any atom is -0.496 e. The molecule has 1 aromatic rings. The standard InChI is InChI=1S/C17H27NO/c1-12(2)17(8-9-17)11-18-14(4)15-7-6-13(3)10-16(15)19-5/h6-7,10,12,14,18H,8-9,11H2,1-5H3. The van der Waals surface area contributed by atoms with Crippen LogP contribution in [0.4, 0.5) is 0 Å². The molecule has 0 bridgehead atoms. The molecule has 0 saturated heterocycles. The van der Waals surface area contributed by atoms with Gasteiger partial charge in [-0.05, 0) is 49.7 Å². The summed E-state index contributed by atoms with van der Waals surface area (Å²) in [5, 5.41) is 3.70. The molecule has 2 nitrogen and oxygen atoms in total. The number of benzene rings is 1. The van der Waals surface area contributed by atoms with Crippen LogP contribution in [0.5, 0.6) is 5.75 Å². The Hall–Kier alpha value is -1.02. The van der Waals surface area contributed by atoms with Crippen LogP contribution in [0, 0.1) is 18.3 Å². The number of hydrogen-bond donors (Lipinski definition) is 1. The largest absolute Gasteiger partial charge is 0.496 e. The van der Waals surface area contributed by atoms with E-state index in [1.807, 2.05) is 0 Å². The molecule has 1 aliphatic carbocycles. The third kappa shape index (κ3) is 3.11. The Morgan fingerprint density at radius 1 is 1.26 bits per heavy atom. The highest BCUT2D eigenvalue weighted by atomic mass is 16.5. The van der Waals surface area contributed by atoms with Crippen molar-refractivity contribution in [3.05, 3.63) is 29.3 Å². The van der Waals surface area contributed by atoms with Gasteiger partial charge in [-0.3, -0.25) is 0 Å². The zero-order valence-corrected chi connectivity index (χ0v) is 12.9. The van der Waals surface area contributed by atoms with Crippen LogP contribution < -0.4 is 10.1 Å². The molecule has 19 heavy (non-hydrogen) atoms. The van der Waals surface area contributed by atoms with E-state index >= 15 is 0 Å². The maximum Gasteiger partial charge on any atom is 0.123 e. The Balaban J connectivity index is 2.02. The third-order valence-electron chi connectivity index (χ3n) is 4.73. The van der Waals surface area contributed by atoms with Gasteiger partial charge in [0.05, 0.1) is 7.11 Å². The van der Waals surface area contributed by atoms with E-state index in [2.05, 4.69) is 51.2 Å². The van der Waals surface area contributed by atoms with Crippen LogP contribution in [0.3, 0.4) is 0 Å². The summed E-state index contributed by atoms with van der Waals surface area (Å²) >= 11 is 0. The molecule has 1 unspecified atom stereocenters. The lowest BCUT2D eigenvalue weighted by Gasteiger charge is -2.24. The lowest BCUT2D eigenvalue weighted by Crippen LogP contribution is -2.29. The number of hydrogen-bond acceptors (Lipinski definition) is 2. The fourth-order valence-corrected chi connectivity index (χ4v) is 2.76. The first-order chi connectivity index (χ1) is 8.98. The zero-order valence-electron chi connectivity index (χ0n) is 12.9. The smallest absolute Gasteiger partial charge is 0.123 e. The second-order valence-electron chi connectivity index (χ2n) is 6.37. The molecule has 106 valence electrons. The lowest BCUT2D eigenvalue weighted by molar-refractivity contribution is 0.322. The molecule has 0 radical (unpaired) electrons. The van der Waals surface area contributed by atoms with Crippen LogP contribution in [0.2, 0.25) is 0 Å². The highest BCUT2D eigenvalue weighted by Gasteiger charge is 2.44. The minimum absolute atomic E-state index is 0.340. The van der Waals surface area contributed by atoms with Crippen molar-refractivity contribution in [2.75, 3.05) is 13.7 Å². The molecule has 1 atom stereocenters. The van der Waals surface area contributed by atoms with Crippen molar-refractivity contribution in [2.24, 2.45) is 11.3 Å². The summed E-state index contributed by atoms with van der Waals surface area (Å²) < 4.78 is 5.50. The molecule has 0 heterocycles. The Kier molecular flexibility index (Phi) is 4.19. The topological polar surface area (TPSA) is 21.3 Å². The van der Waals surface area contributed by atoms with Crippen LogP contribution in [-0.2, 0) is 0 Å². The second-order valence-corrected chi connectivity index (χ2v) is 6.37. The highest BCUT2D eigenvalue weighted by molar-refractivity contribution is 5.39. The highest BCUT2D eigenvalue weighted by Crippen LogP contribution is 2.51. The molecule has 1 saturated carbocycles. The fraction of sp³-hybridized carbons (Fsp3) is 0.647. The van der Waals surface area contributed by atoms with Crippen molar-refractivity contribution in [2.45, 2.75) is 46.6 Å². The van der Waals surface area contributed by atoms with E-state index in [9.17, 15) is 0 Å². The summed E-state index contributed by atoms with van der Waals surface area (Å²) in [5.41, 5.74) is 3.05. The van der Waals surface area contributed by atoms with E-state index < -0.39 is 0 Å². The average molecular weight is 261 g/mol. The average Bonchev–Trinajstić information content (AvgIpc) is 3.17. The van der Waals surface area contributed by atoms with Crippen LogP contribution in [0.15, 0.2) is 18.2 Å². The van der Waals surface area contributed by atoms with Crippen LogP contribution >= 0.6 is 0 Å². The first-order valence-corrected chi connectivity index (χ1v) is 7.36. The molecule has 1 fully saturated rings. The molecule has 1 aliphatic rings. The number of nitrogens with one attached hydrogen (secondary N) is 1. The van der Waals surface area contributed by atoms with Gasteiger partial charge in [0.25, 0.3) is 0 Å². The maximum atomic E-state index is 5.50. The second kappa shape index (κ2) is 5.54. The molecular weight excluding hydrogens is 234 g/mol. The van der Waals surface area contributed by atoms with Gasteiger partial charge in [0, 0.05) is 18.2 Å². The quantitative estimate of drug-likeness (QED) is 0.832. The molecular formula is C17H27NO. The Morgan fingerprint density at radius 2 is 1.95 bits per heavy atom. The van der Waals surface area contributed by atoms with Crippen molar-refractivity contribution >= 4 is 0 Å². The molecule has 0 aliphatic heterocycles. The van der Waals surface area contributed by atoms with E-state index in [0.29, 0.717) is 11.5 Å². The summed E-state index contributed by atoms with van der Waals surface area (Å²) in [6.45, 7) is 10.1. The summed E-state index contributed by atoms with van der Waals surface area (Å²) in [6, 6.07) is 6.79. The normalized spacial score (nSPS) is 18.4. The lowest BCUT2D eigenvalue weighted by atomic mass is 9.92. The monoisotopic (exact) mass is 261 g/mol. The number of methoxy groups -OCH3 is 1. The number of aryl methyl sites for hydroxylation is 1. The fourth-order valence-electron chi connectivity index (χ4n) is 2.76. The molecule has 2 rings (SSSR count). The molecule has 1 N–H and O–H groups in total. The van der Waals surface area contributed by atoms with E-state index in [1.165, 1.54) is 24.0 Å². The van der Waals surface area contributed by atoms with Gasteiger partial charge < -0.3 is 10.1 Å². The van der Waals surface area contributed by atoms with E-state index in [4.69, 9.17) is 4.74 Å². The van der Waals surface area contributed by atoms with Gasteiger partial charge in [0.2, 0.25) is 0 Å². The van der Waals surface area contributed by atoms with Gasteiger partial charge >= 0.3 is 0 Å². The molecule has 0 spiro atoms. The Morgan fingerprint density at radius 3 is 2.47 bits per heavy atom. The van der Waals surface area contributed by atoms with E-state index in [0.717, 1.165) is 18.2 Å². The first-order valence-electron chi connectivity index (χ1n) is 7.36. The number of rotatable bonds is 6. The SMILES string of the molecule is COc1cc(C)ccc1C(C)NCC1(C(C)C)CC1. The molecule has 2 heteroatoms. The van der Waals surface area contributed by atoms with Crippen molar-refractivity contribution in [1.82, 2.24) is 5.32 Å². The number of ether oxygens (including phenoxy) is 1. The summed E-state index contributed by atoms with van der Waals surface area (Å²) in [6.07, 6.45) is 2.74. The van der Waals surface area contributed by atoms with Crippen molar-refractivity contribution in [3.63, 3.8) is 0 Å². The van der Waals surface area contributed by atoms with Gasteiger partial charge in [-0.1, -0.05) is 26.0 Å². The van der Waals surface area contributed by atoms with E-state index in [-0.39, 0.29) is 0 Å². The molecule has 0 amide bonds. The molecule has 0 aromatic heterocycles. The van der Waals surface area contributed by atoms with Crippen molar-refractivity contribution in [3.8, 4) is 5.75 Å². The summed E-state index contributed by atoms with van der Waals surface area (Å²) in [5.74, 6) is 1.77. The van der Waals surface area contributed by atoms with Gasteiger partial charge in [-0.25, -0.2) is 0 Å². The van der Waals surface area contributed by atoms with Crippen molar-refractivity contribution < 1.29 is 4.74 Å². The Bertz CT molecular complexity index is 435. The van der Waals surface area contributed by atoms with Crippen LogP contribution in [-0.4, -0.2) is 13.7 Å². The predicted molar refractivity (Wildman–Crippen MR) is 80.7 cm³/mol. The van der Waals surface area contributed by atoms with Gasteiger partial charge in [-0.2, -0.15) is 0 Å². The maximum absolute atomic E-state index is 5.50. The summed E-state index contributed by atoms with van der Waals surface area (Å²) in [7, 11) is 1.75. The van der Waals surface area contributed by atoms with Gasteiger partial charge in [-0.15, -0.1) is 0 Å². The van der Waals surface area contributed by atoms with Crippen LogP contribution in [0.25, 0.3) is 0 Å². The third-order valence-corrected chi connectivity index (χ3v) is 4.73. The molecule has 1 aromatic carbocycles. The Labute approximate surface area is 117 Å².